The number of aromatic nitrogens is 2. The Bertz CT molecular complexity index is 984. The molecular formula is C22H23Cl2N3O2. The van der Waals surface area contributed by atoms with Gasteiger partial charge in [-0.2, -0.15) is 0 Å². The molecule has 4 rings (SSSR count). The lowest BCUT2D eigenvalue weighted by Crippen LogP contribution is -2.32. The maximum Gasteiger partial charge on any atom is 0.269 e. The zero-order valence-corrected chi connectivity index (χ0v) is 17.4. The number of amides is 1. The van der Waals surface area contributed by atoms with Crippen LogP contribution >= 0.6 is 24.8 Å². The largest absolute Gasteiger partial charge is 0.368 e. The summed E-state index contributed by atoms with van der Waals surface area (Å²) in [5.41, 5.74) is 9.32. The van der Waals surface area contributed by atoms with Gasteiger partial charge in [0.2, 0.25) is 5.91 Å². The molecule has 1 amide bonds. The van der Waals surface area contributed by atoms with Gasteiger partial charge in [-0.3, -0.25) is 19.1 Å². The van der Waals surface area contributed by atoms with Crippen molar-refractivity contribution in [1.82, 2.24) is 9.55 Å². The summed E-state index contributed by atoms with van der Waals surface area (Å²) in [6.07, 6.45) is 3.18. The van der Waals surface area contributed by atoms with Gasteiger partial charge >= 0.3 is 0 Å². The van der Waals surface area contributed by atoms with E-state index in [1.165, 1.54) is 21.9 Å². The van der Waals surface area contributed by atoms with Crippen LogP contribution in [0.2, 0.25) is 0 Å². The molecule has 0 radical (unpaired) electrons. The van der Waals surface area contributed by atoms with Gasteiger partial charge in [-0.05, 0) is 24.0 Å². The first-order chi connectivity index (χ1) is 13.1. The normalized spacial score (nSPS) is 14.6. The fraction of sp³-hybridized carbons (Fsp3) is 0.227. The maximum absolute atomic E-state index is 12.3. The molecule has 1 aliphatic rings. The molecular weight excluding hydrogens is 409 g/mol. The van der Waals surface area contributed by atoms with Gasteiger partial charge in [0.05, 0.1) is 11.9 Å². The third kappa shape index (κ3) is 4.52. The standard InChI is InChI=1S/C22H21N3O2.2ClH/c23-22(27)20-12-11-19-18(24-14-21(26)25(19)20)13-17(15-7-3-1-4-8-15)16-9-5-2-6-10-16;;/h1-10,14,17,20H,11-13H2,(H2,23,27);2*1H. The summed E-state index contributed by atoms with van der Waals surface area (Å²) >= 11 is 0. The molecule has 1 aliphatic heterocycles. The quantitative estimate of drug-likeness (QED) is 0.671. The zero-order chi connectivity index (χ0) is 18.8. The van der Waals surface area contributed by atoms with Crippen molar-refractivity contribution in [2.24, 2.45) is 5.73 Å². The van der Waals surface area contributed by atoms with Crippen LogP contribution in [-0.2, 0) is 17.6 Å². The Labute approximate surface area is 181 Å². The van der Waals surface area contributed by atoms with E-state index in [1.54, 1.807) is 0 Å². The number of primary amides is 1. The van der Waals surface area contributed by atoms with E-state index in [9.17, 15) is 9.59 Å². The predicted octanol–water partition coefficient (Wildman–Crippen LogP) is 3.43. The average Bonchev–Trinajstić information content (AvgIpc) is 3.16. The molecule has 1 atom stereocenters. The second-order valence-electron chi connectivity index (χ2n) is 6.89. The molecule has 0 saturated heterocycles. The van der Waals surface area contributed by atoms with Crippen LogP contribution in [0.1, 0.15) is 40.9 Å². The molecule has 0 saturated carbocycles. The van der Waals surface area contributed by atoms with E-state index in [0.717, 1.165) is 11.4 Å². The molecule has 1 unspecified atom stereocenters. The van der Waals surface area contributed by atoms with E-state index >= 15 is 0 Å². The molecule has 7 heteroatoms. The van der Waals surface area contributed by atoms with Gasteiger partial charge in [-0.1, -0.05) is 60.7 Å². The highest BCUT2D eigenvalue weighted by Crippen LogP contribution is 2.31. The second kappa shape index (κ2) is 9.72. The van der Waals surface area contributed by atoms with E-state index in [-0.39, 0.29) is 36.3 Å². The highest BCUT2D eigenvalue weighted by Gasteiger charge is 2.30. The molecule has 152 valence electrons. The van der Waals surface area contributed by atoms with Crippen molar-refractivity contribution < 1.29 is 4.79 Å². The fourth-order valence-electron chi connectivity index (χ4n) is 3.98. The number of benzene rings is 2. The van der Waals surface area contributed by atoms with Crippen LogP contribution in [0.5, 0.6) is 0 Å². The van der Waals surface area contributed by atoms with E-state index in [0.29, 0.717) is 19.3 Å². The number of rotatable bonds is 5. The number of carbonyl (C=O) groups excluding carboxylic acids is 1. The lowest BCUT2D eigenvalue weighted by Gasteiger charge is -2.20. The van der Waals surface area contributed by atoms with Crippen LogP contribution < -0.4 is 11.3 Å². The van der Waals surface area contributed by atoms with Crippen LogP contribution in [0.25, 0.3) is 0 Å². The zero-order valence-electron chi connectivity index (χ0n) is 15.7. The van der Waals surface area contributed by atoms with Crippen LogP contribution in [0.3, 0.4) is 0 Å². The Hall–Kier alpha value is -2.63. The summed E-state index contributed by atoms with van der Waals surface area (Å²) in [5.74, 6) is -0.342. The Balaban J connectivity index is 0.00000150. The van der Waals surface area contributed by atoms with Crippen molar-refractivity contribution in [2.75, 3.05) is 0 Å². The van der Waals surface area contributed by atoms with Gasteiger partial charge in [0.15, 0.2) is 0 Å². The van der Waals surface area contributed by atoms with E-state index < -0.39 is 11.9 Å². The summed E-state index contributed by atoms with van der Waals surface area (Å²) in [6, 6.07) is 20.0. The van der Waals surface area contributed by atoms with E-state index in [2.05, 4.69) is 29.2 Å². The topological polar surface area (TPSA) is 78.0 Å². The van der Waals surface area contributed by atoms with Gasteiger partial charge in [-0.15, -0.1) is 24.8 Å². The first kappa shape index (κ1) is 22.7. The van der Waals surface area contributed by atoms with E-state index in [1.807, 2.05) is 36.4 Å². The molecule has 29 heavy (non-hydrogen) atoms. The van der Waals surface area contributed by atoms with E-state index in [4.69, 9.17) is 5.73 Å². The van der Waals surface area contributed by atoms with Crippen molar-refractivity contribution >= 4 is 30.7 Å². The van der Waals surface area contributed by atoms with Crippen LogP contribution in [0.4, 0.5) is 0 Å². The van der Waals surface area contributed by atoms with Crippen molar-refractivity contribution in [2.45, 2.75) is 31.2 Å². The highest BCUT2D eigenvalue weighted by atomic mass is 35.5. The number of halogens is 2. The van der Waals surface area contributed by atoms with Gasteiger partial charge in [-0.25, -0.2) is 0 Å². The lowest BCUT2D eigenvalue weighted by atomic mass is 9.87. The van der Waals surface area contributed by atoms with Crippen molar-refractivity contribution in [3.05, 3.63) is 99.7 Å². The smallest absolute Gasteiger partial charge is 0.269 e. The second-order valence-corrected chi connectivity index (χ2v) is 6.89. The Morgan fingerprint density at radius 1 is 1.03 bits per heavy atom. The Kier molecular flexibility index (Phi) is 7.59. The average molecular weight is 432 g/mol. The molecule has 0 aliphatic carbocycles. The van der Waals surface area contributed by atoms with Crippen molar-refractivity contribution in [3.8, 4) is 0 Å². The van der Waals surface area contributed by atoms with Crippen molar-refractivity contribution in [3.63, 3.8) is 0 Å². The van der Waals surface area contributed by atoms with Gasteiger partial charge < -0.3 is 5.73 Å². The molecule has 2 N–H and O–H groups in total. The minimum atomic E-state index is -0.568. The number of fused-ring (bicyclic) bond motifs is 1. The fourth-order valence-corrected chi connectivity index (χ4v) is 3.98. The number of carbonyl (C=O) groups is 1. The minimum absolute atomic E-state index is 0. The summed E-state index contributed by atoms with van der Waals surface area (Å²) in [5, 5.41) is 0. The Morgan fingerprint density at radius 2 is 1.59 bits per heavy atom. The molecule has 3 aromatic rings. The van der Waals surface area contributed by atoms with Gasteiger partial charge in [0.1, 0.15) is 6.04 Å². The third-order valence-electron chi connectivity index (χ3n) is 5.29. The summed E-state index contributed by atoms with van der Waals surface area (Å²) < 4.78 is 1.54. The molecule has 0 spiro atoms. The molecule has 0 bridgehead atoms. The first-order valence-corrected chi connectivity index (χ1v) is 9.13. The minimum Gasteiger partial charge on any atom is -0.368 e. The summed E-state index contributed by atoms with van der Waals surface area (Å²) in [7, 11) is 0. The molecule has 2 heterocycles. The first-order valence-electron chi connectivity index (χ1n) is 9.13. The third-order valence-corrected chi connectivity index (χ3v) is 5.29. The lowest BCUT2D eigenvalue weighted by molar-refractivity contribution is -0.121. The predicted molar refractivity (Wildman–Crippen MR) is 118 cm³/mol. The van der Waals surface area contributed by atoms with Crippen LogP contribution in [0.15, 0.2) is 71.7 Å². The van der Waals surface area contributed by atoms with Crippen LogP contribution in [-0.4, -0.2) is 15.5 Å². The molecule has 2 aromatic carbocycles. The SMILES string of the molecule is Cl.Cl.NC(=O)C1CCc2c(CC(c3ccccc3)c3ccccc3)ncc(=O)n21. The highest BCUT2D eigenvalue weighted by molar-refractivity contribution is 5.85. The van der Waals surface area contributed by atoms with Crippen molar-refractivity contribution in [1.29, 1.82) is 0 Å². The summed E-state index contributed by atoms with van der Waals surface area (Å²) in [4.78, 5) is 28.5. The monoisotopic (exact) mass is 431 g/mol. The Morgan fingerprint density at radius 3 is 2.10 bits per heavy atom. The molecule has 1 aromatic heterocycles. The van der Waals surface area contributed by atoms with Gasteiger partial charge in [0.25, 0.3) is 5.56 Å². The summed E-state index contributed by atoms with van der Waals surface area (Å²) in [6.45, 7) is 0. The molecule has 0 fully saturated rings. The number of nitrogens with two attached hydrogens (primary N) is 1. The number of nitrogens with zero attached hydrogens (tertiary/aromatic N) is 2. The molecule has 5 nitrogen and oxygen atoms in total. The number of hydrogen-bond acceptors (Lipinski definition) is 3. The number of hydrogen-bond donors (Lipinski definition) is 1. The van der Waals surface area contributed by atoms with Gasteiger partial charge in [0, 0.05) is 18.0 Å². The maximum atomic E-state index is 12.3. The van der Waals surface area contributed by atoms with Crippen LogP contribution in [0, 0.1) is 0 Å².